The van der Waals surface area contributed by atoms with Gasteiger partial charge in [-0.3, -0.25) is 4.99 Å². The van der Waals surface area contributed by atoms with E-state index in [2.05, 4.69) is 4.99 Å². The molecule has 0 saturated heterocycles. The van der Waals surface area contributed by atoms with E-state index in [4.69, 9.17) is 4.74 Å². The van der Waals surface area contributed by atoms with E-state index >= 15 is 0 Å². The quantitative estimate of drug-likeness (QED) is 0.513. The van der Waals surface area contributed by atoms with Crippen molar-refractivity contribution in [1.82, 2.24) is 0 Å². The van der Waals surface area contributed by atoms with Gasteiger partial charge in [0.05, 0.1) is 6.54 Å². The minimum absolute atomic E-state index is 0.158. The third-order valence-electron chi connectivity index (χ3n) is 1.51. The SMILES string of the molecule is COC1(C)C=CC=NC1. The molecular formula is C7H11NO. The van der Waals surface area contributed by atoms with E-state index in [9.17, 15) is 0 Å². The van der Waals surface area contributed by atoms with Crippen molar-refractivity contribution < 1.29 is 4.74 Å². The lowest BCUT2D eigenvalue weighted by atomic mass is 10.1. The lowest BCUT2D eigenvalue weighted by molar-refractivity contribution is 0.0563. The zero-order valence-corrected chi connectivity index (χ0v) is 5.79. The largest absolute Gasteiger partial charge is 0.372 e. The molecule has 0 saturated carbocycles. The highest BCUT2D eigenvalue weighted by molar-refractivity contribution is 5.72. The van der Waals surface area contributed by atoms with Crippen molar-refractivity contribution in [3.8, 4) is 0 Å². The third-order valence-corrected chi connectivity index (χ3v) is 1.51. The van der Waals surface area contributed by atoms with Crippen LogP contribution in [0.1, 0.15) is 6.92 Å². The Hall–Kier alpha value is -0.630. The zero-order chi connectivity index (χ0) is 6.74. The van der Waals surface area contributed by atoms with Gasteiger partial charge in [-0.05, 0) is 19.1 Å². The van der Waals surface area contributed by atoms with Gasteiger partial charge in [-0.1, -0.05) is 0 Å². The van der Waals surface area contributed by atoms with Crippen LogP contribution in [0.25, 0.3) is 0 Å². The Kier molecular flexibility index (Phi) is 1.67. The van der Waals surface area contributed by atoms with Crippen molar-refractivity contribution in [2.45, 2.75) is 12.5 Å². The molecule has 1 heterocycles. The van der Waals surface area contributed by atoms with Gasteiger partial charge in [0.2, 0.25) is 0 Å². The lowest BCUT2D eigenvalue weighted by Gasteiger charge is -2.23. The molecule has 0 aliphatic carbocycles. The van der Waals surface area contributed by atoms with E-state index in [-0.39, 0.29) is 5.60 Å². The summed E-state index contributed by atoms with van der Waals surface area (Å²) in [4.78, 5) is 4.06. The van der Waals surface area contributed by atoms with Crippen molar-refractivity contribution in [2.24, 2.45) is 4.99 Å². The fraction of sp³-hybridized carbons (Fsp3) is 0.571. The molecule has 0 N–H and O–H groups in total. The maximum Gasteiger partial charge on any atom is 0.103 e. The van der Waals surface area contributed by atoms with Gasteiger partial charge in [-0.2, -0.15) is 0 Å². The van der Waals surface area contributed by atoms with Crippen molar-refractivity contribution >= 4 is 6.21 Å². The molecular weight excluding hydrogens is 114 g/mol. The maximum absolute atomic E-state index is 5.18. The highest BCUT2D eigenvalue weighted by atomic mass is 16.5. The van der Waals surface area contributed by atoms with Crippen LogP contribution >= 0.6 is 0 Å². The Labute approximate surface area is 55.2 Å². The average molecular weight is 125 g/mol. The Morgan fingerprint density at radius 1 is 1.67 bits per heavy atom. The molecule has 1 atom stereocenters. The summed E-state index contributed by atoms with van der Waals surface area (Å²) in [5, 5.41) is 0. The average Bonchev–Trinajstić information content (AvgIpc) is 1.90. The molecule has 0 aromatic rings. The van der Waals surface area contributed by atoms with Crippen LogP contribution in [0.3, 0.4) is 0 Å². The smallest absolute Gasteiger partial charge is 0.103 e. The van der Waals surface area contributed by atoms with Crippen LogP contribution in [0.4, 0.5) is 0 Å². The Balaban J connectivity index is 2.63. The Morgan fingerprint density at radius 2 is 2.44 bits per heavy atom. The van der Waals surface area contributed by atoms with Crippen LogP contribution in [-0.2, 0) is 4.74 Å². The van der Waals surface area contributed by atoms with E-state index in [1.165, 1.54) is 0 Å². The number of nitrogens with zero attached hydrogens (tertiary/aromatic N) is 1. The number of aliphatic imine (C=N–C) groups is 1. The molecule has 2 heteroatoms. The molecule has 0 fully saturated rings. The number of dihydropyridines is 1. The Bertz CT molecular complexity index is 151. The predicted molar refractivity (Wildman–Crippen MR) is 37.9 cm³/mol. The van der Waals surface area contributed by atoms with E-state index in [0.29, 0.717) is 0 Å². The standard InChI is InChI=1S/C7H11NO/c1-7(9-2)4-3-5-8-6-7/h3-5H,6H2,1-2H3. The molecule has 1 rings (SSSR count). The normalized spacial score (nSPS) is 33.1. The molecule has 0 spiro atoms. The van der Waals surface area contributed by atoms with E-state index < -0.39 is 0 Å². The molecule has 0 aromatic carbocycles. The second-order valence-corrected chi connectivity index (χ2v) is 2.37. The van der Waals surface area contributed by atoms with Gasteiger partial charge in [0.1, 0.15) is 5.60 Å². The summed E-state index contributed by atoms with van der Waals surface area (Å²) in [7, 11) is 1.70. The molecule has 50 valence electrons. The lowest BCUT2D eigenvalue weighted by Crippen LogP contribution is -2.29. The first-order chi connectivity index (χ1) is 4.27. The molecule has 0 radical (unpaired) electrons. The monoisotopic (exact) mass is 125 g/mol. The van der Waals surface area contributed by atoms with E-state index in [1.807, 2.05) is 19.1 Å². The van der Waals surface area contributed by atoms with Gasteiger partial charge in [-0.15, -0.1) is 0 Å². The first-order valence-electron chi connectivity index (χ1n) is 3.00. The summed E-state index contributed by atoms with van der Waals surface area (Å²) in [6.07, 6.45) is 5.72. The minimum Gasteiger partial charge on any atom is -0.372 e. The van der Waals surface area contributed by atoms with Crippen molar-refractivity contribution in [2.75, 3.05) is 13.7 Å². The fourth-order valence-electron chi connectivity index (χ4n) is 0.727. The number of hydrogen-bond acceptors (Lipinski definition) is 2. The number of ether oxygens (including phenoxy) is 1. The van der Waals surface area contributed by atoms with Crippen LogP contribution in [-0.4, -0.2) is 25.5 Å². The van der Waals surface area contributed by atoms with Gasteiger partial charge in [0, 0.05) is 13.3 Å². The summed E-state index contributed by atoms with van der Waals surface area (Å²) >= 11 is 0. The van der Waals surface area contributed by atoms with Crippen LogP contribution < -0.4 is 0 Å². The van der Waals surface area contributed by atoms with Crippen molar-refractivity contribution in [1.29, 1.82) is 0 Å². The van der Waals surface area contributed by atoms with Gasteiger partial charge in [0.15, 0.2) is 0 Å². The molecule has 0 aromatic heterocycles. The van der Waals surface area contributed by atoms with Crippen LogP contribution in [0.5, 0.6) is 0 Å². The number of methoxy groups -OCH3 is 1. The van der Waals surface area contributed by atoms with Gasteiger partial charge in [0.25, 0.3) is 0 Å². The minimum atomic E-state index is -0.158. The van der Waals surface area contributed by atoms with Gasteiger partial charge in [-0.25, -0.2) is 0 Å². The van der Waals surface area contributed by atoms with E-state index in [1.54, 1.807) is 13.3 Å². The second kappa shape index (κ2) is 2.31. The number of allylic oxidation sites excluding steroid dienone is 1. The summed E-state index contributed by atoms with van der Waals surface area (Å²) in [5.41, 5.74) is -0.158. The summed E-state index contributed by atoms with van der Waals surface area (Å²) in [6.45, 7) is 2.75. The van der Waals surface area contributed by atoms with Gasteiger partial charge < -0.3 is 4.74 Å². The predicted octanol–water partition coefficient (Wildman–Crippen LogP) is 1.03. The first kappa shape index (κ1) is 6.49. The second-order valence-electron chi connectivity index (χ2n) is 2.37. The first-order valence-corrected chi connectivity index (χ1v) is 3.00. The van der Waals surface area contributed by atoms with Crippen molar-refractivity contribution in [3.63, 3.8) is 0 Å². The molecule has 0 amide bonds. The summed E-state index contributed by atoms with van der Waals surface area (Å²) in [6, 6.07) is 0. The summed E-state index contributed by atoms with van der Waals surface area (Å²) < 4.78 is 5.18. The molecule has 9 heavy (non-hydrogen) atoms. The van der Waals surface area contributed by atoms with Crippen LogP contribution in [0, 0.1) is 0 Å². The number of rotatable bonds is 1. The molecule has 0 bridgehead atoms. The highest BCUT2D eigenvalue weighted by Crippen LogP contribution is 2.13. The molecule has 1 unspecified atom stereocenters. The Morgan fingerprint density at radius 3 is 2.78 bits per heavy atom. The summed E-state index contributed by atoms with van der Waals surface area (Å²) in [5.74, 6) is 0. The van der Waals surface area contributed by atoms with Crippen LogP contribution in [0.2, 0.25) is 0 Å². The van der Waals surface area contributed by atoms with Gasteiger partial charge >= 0.3 is 0 Å². The highest BCUT2D eigenvalue weighted by Gasteiger charge is 2.19. The third kappa shape index (κ3) is 1.39. The fourth-order valence-corrected chi connectivity index (χ4v) is 0.727. The van der Waals surface area contributed by atoms with E-state index in [0.717, 1.165) is 6.54 Å². The maximum atomic E-state index is 5.18. The van der Waals surface area contributed by atoms with Crippen molar-refractivity contribution in [3.05, 3.63) is 12.2 Å². The molecule has 1 aliphatic rings. The van der Waals surface area contributed by atoms with Crippen LogP contribution in [0.15, 0.2) is 17.1 Å². The molecule has 2 nitrogen and oxygen atoms in total. The topological polar surface area (TPSA) is 21.6 Å². The molecule has 1 aliphatic heterocycles. The number of hydrogen-bond donors (Lipinski definition) is 0. The zero-order valence-electron chi connectivity index (χ0n) is 5.79.